The van der Waals surface area contributed by atoms with E-state index in [2.05, 4.69) is 21.2 Å². The third kappa shape index (κ3) is 4.32. The Morgan fingerprint density at radius 3 is 2.88 bits per heavy atom. The summed E-state index contributed by atoms with van der Waals surface area (Å²) in [5.41, 5.74) is 0.555. The molecule has 0 aliphatic rings. The maximum Gasteiger partial charge on any atom is 0.293 e. The number of aliphatic hydroxyl groups excluding tert-OH is 1. The van der Waals surface area contributed by atoms with Crippen LogP contribution in [0.2, 0.25) is 0 Å². The molecule has 0 aliphatic heterocycles. The molecule has 0 radical (unpaired) electrons. The molecule has 1 aromatic rings. The topological polar surface area (TPSA) is 75.4 Å². The van der Waals surface area contributed by atoms with Gasteiger partial charge in [-0.15, -0.1) is 0 Å². The number of nitrogens with one attached hydrogen (secondary N) is 1. The molecule has 2 N–H and O–H groups in total. The first-order valence-corrected chi connectivity index (χ1v) is 6.15. The molecule has 0 amide bonds. The highest BCUT2D eigenvalue weighted by molar-refractivity contribution is 9.10. The highest BCUT2D eigenvalue weighted by Gasteiger charge is 2.15. The predicted molar refractivity (Wildman–Crippen MR) is 70.2 cm³/mol. The van der Waals surface area contributed by atoms with Gasteiger partial charge in [0.25, 0.3) is 5.69 Å². The molecule has 0 saturated carbocycles. The van der Waals surface area contributed by atoms with Gasteiger partial charge in [-0.05, 0) is 31.9 Å². The van der Waals surface area contributed by atoms with E-state index < -0.39 is 4.92 Å². The molecule has 1 aromatic carbocycles. The minimum Gasteiger partial charge on any atom is -0.396 e. The molecule has 0 aliphatic carbocycles. The van der Waals surface area contributed by atoms with Gasteiger partial charge in [-0.1, -0.05) is 15.9 Å². The lowest BCUT2D eigenvalue weighted by molar-refractivity contribution is -0.384. The van der Waals surface area contributed by atoms with Gasteiger partial charge >= 0.3 is 0 Å². The van der Waals surface area contributed by atoms with E-state index in [1.165, 1.54) is 6.07 Å². The molecule has 0 heterocycles. The Labute approximate surface area is 108 Å². The first kappa shape index (κ1) is 13.9. The number of nitro benzene ring substituents is 1. The first-order chi connectivity index (χ1) is 8.04. The Morgan fingerprint density at radius 1 is 1.59 bits per heavy atom. The molecule has 1 atom stereocenters. The van der Waals surface area contributed by atoms with Crippen molar-refractivity contribution in [1.29, 1.82) is 0 Å². The molecular formula is C11H15BrN2O3. The molecule has 6 heteroatoms. The van der Waals surface area contributed by atoms with E-state index in [4.69, 9.17) is 5.11 Å². The largest absolute Gasteiger partial charge is 0.396 e. The van der Waals surface area contributed by atoms with Gasteiger partial charge in [0.05, 0.1) is 4.92 Å². The number of nitro groups is 1. The molecule has 94 valence electrons. The van der Waals surface area contributed by atoms with Crippen LogP contribution in [-0.2, 0) is 0 Å². The average Bonchev–Trinajstić information content (AvgIpc) is 2.28. The summed E-state index contributed by atoms with van der Waals surface area (Å²) in [6.45, 7) is 2.07. The van der Waals surface area contributed by atoms with Crippen molar-refractivity contribution in [3.05, 3.63) is 32.8 Å². The predicted octanol–water partition coefficient (Wildman–Crippen LogP) is 2.93. The van der Waals surface area contributed by atoms with E-state index in [1.807, 2.05) is 6.92 Å². The third-order valence-corrected chi connectivity index (χ3v) is 2.85. The van der Waals surface area contributed by atoms with Crippen LogP contribution in [0.4, 0.5) is 11.4 Å². The summed E-state index contributed by atoms with van der Waals surface area (Å²) >= 11 is 3.21. The van der Waals surface area contributed by atoms with Crippen molar-refractivity contribution in [2.24, 2.45) is 0 Å². The molecular weight excluding hydrogens is 288 g/mol. The van der Waals surface area contributed by atoms with Gasteiger partial charge in [-0.2, -0.15) is 0 Å². The highest BCUT2D eigenvalue weighted by atomic mass is 79.9. The molecule has 5 nitrogen and oxygen atoms in total. The van der Waals surface area contributed by atoms with Crippen LogP contribution in [0.15, 0.2) is 22.7 Å². The monoisotopic (exact) mass is 302 g/mol. The number of benzene rings is 1. The first-order valence-electron chi connectivity index (χ1n) is 5.36. The van der Waals surface area contributed by atoms with Crippen LogP contribution in [0.1, 0.15) is 19.8 Å². The highest BCUT2D eigenvalue weighted by Crippen LogP contribution is 2.28. The summed E-state index contributed by atoms with van der Waals surface area (Å²) in [5.74, 6) is 0. The molecule has 1 unspecified atom stereocenters. The average molecular weight is 303 g/mol. The lowest BCUT2D eigenvalue weighted by Gasteiger charge is -2.14. The van der Waals surface area contributed by atoms with Crippen molar-refractivity contribution < 1.29 is 10.0 Å². The zero-order valence-corrected chi connectivity index (χ0v) is 11.1. The molecule has 0 saturated heterocycles. The standard InChI is InChI=1S/C11H15BrN2O3/c1-8(3-2-6-15)13-10-5-4-9(12)7-11(10)14(16)17/h4-5,7-8,13,15H,2-3,6H2,1H3. The maximum atomic E-state index is 10.9. The second kappa shape index (κ2) is 6.56. The Kier molecular flexibility index (Phi) is 5.37. The van der Waals surface area contributed by atoms with Crippen LogP contribution in [0.3, 0.4) is 0 Å². The molecule has 0 spiro atoms. The van der Waals surface area contributed by atoms with E-state index >= 15 is 0 Å². The number of aliphatic hydroxyl groups is 1. The van der Waals surface area contributed by atoms with E-state index in [9.17, 15) is 10.1 Å². The maximum absolute atomic E-state index is 10.9. The van der Waals surface area contributed by atoms with Gasteiger partial charge in [0, 0.05) is 23.2 Å². The van der Waals surface area contributed by atoms with Gasteiger partial charge in [-0.3, -0.25) is 10.1 Å². The summed E-state index contributed by atoms with van der Waals surface area (Å²) in [6.07, 6.45) is 1.45. The number of halogens is 1. The Balaban J connectivity index is 2.79. The zero-order valence-electron chi connectivity index (χ0n) is 9.52. The van der Waals surface area contributed by atoms with E-state index in [0.717, 1.165) is 6.42 Å². The quantitative estimate of drug-likeness (QED) is 0.626. The van der Waals surface area contributed by atoms with Crippen LogP contribution in [0, 0.1) is 10.1 Å². The minimum absolute atomic E-state index is 0.0511. The van der Waals surface area contributed by atoms with Crippen molar-refractivity contribution in [3.63, 3.8) is 0 Å². The van der Waals surface area contributed by atoms with Gasteiger partial charge in [-0.25, -0.2) is 0 Å². The second-order valence-corrected chi connectivity index (χ2v) is 4.75. The van der Waals surface area contributed by atoms with Gasteiger partial charge in [0.2, 0.25) is 0 Å². The summed E-state index contributed by atoms with van der Waals surface area (Å²) in [6, 6.07) is 4.99. The van der Waals surface area contributed by atoms with Crippen LogP contribution < -0.4 is 5.32 Å². The van der Waals surface area contributed by atoms with E-state index in [1.54, 1.807) is 12.1 Å². The van der Waals surface area contributed by atoms with Gasteiger partial charge in [0.15, 0.2) is 0 Å². The normalized spacial score (nSPS) is 12.2. The Morgan fingerprint density at radius 2 is 2.29 bits per heavy atom. The fourth-order valence-corrected chi connectivity index (χ4v) is 1.86. The molecule has 0 fully saturated rings. The van der Waals surface area contributed by atoms with Crippen molar-refractivity contribution in [1.82, 2.24) is 0 Å². The van der Waals surface area contributed by atoms with Crippen LogP contribution in [-0.4, -0.2) is 22.7 Å². The smallest absolute Gasteiger partial charge is 0.293 e. The van der Waals surface area contributed by atoms with Gasteiger partial charge in [0.1, 0.15) is 5.69 Å². The van der Waals surface area contributed by atoms with Crippen LogP contribution >= 0.6 is 15.9 Å². The SMILES string of the molecule is CC(CCCO)Nc1ccc(Br)cc1[N+](=O)[O-]. The van der Waals surface area contributed by atoms with Gasteiger partial charge < -0.3 is 10.4 Å². The number of hydrogen-bond donors (Lipinski definition) is 2. The van der Waals surface area contributed by atoms with Crippen molar-refractivity contribution in [2.75, 3.05) is 11.9 Å². The number of rotatable bonds is 6. The fraction of sp³-hybridized carbons (Fsp3) is 0.455. The summed E-state index contributed by atoms with van der Waals surface area (Å²) in [5, 5.41) is 22.7. The van der Waals surface area contributed by atoms with Crippen LogP contribution in [0.5, 0.6) is 0 Å². The second-order valence-electron chi connectivity index (χ2n) is 3.83. The lowest BCUT2D eigenvalue weighted by Crippen LogP contribution is -2.16. The van der Waals surface area contributed by atoms with E-state index in [0.29, 0.717) is 16.6 Å². The molecule has 17 heavy (non-hydrogen) atoms. The molecule has 1 rings (SSSR count). The Bertz CT molecular complexity index is 398. The van der Waals surface area contributed by atoms with E-state index in [-0.39, 0.29) is 18.3 Å². The number of nitrogens with zero attached hydrogens (tertiary/aromatic N) is 1. The summed E-state index contributed by atoms with van der Waals surface area (Å²) < 4.78 is 0.678. The Hall–Kier alpha value is -1.14. The third-order valence-electron chi connectivity index (χ3n) is 2.35. The zero-order chi connectivity index (χ0) is 12.8. The summed E-state index contributed by atoms with van der Waals surface area (Å²) in [4.78, 5) is 10.5. The molecule has 0 bridgehead atoms. The minimum atomic E-state index is -0.411. The van der Waals surface area contributed by atoms with Crippen molar-refractivity contribution >= 4 is 27.3 Å². The number of hydrogen-bond acceptors (Lipinski definition) is 4. The molecule has 0 aromatic heterocycles. The van der Waals surface area contributed by atoms with Crippen molar-refractivity contribution in [3.8, 4) is 0 Å². The van der Waals surface area contributed by atoms with Crippen molar-refractivity contribution in [2.45, 2.75) is 25.8 Å². The van der Waals surface area contributed by atoms with Crippen LogP contribution in [0.25, 0.3) is 0 Å². The lowest BCUT2D eigenvalue weighted by atomic mass is 10.1. The number of anilines is 1. The summed E-state index contributed by atoms with van der Waals surface area (Å²) in [7, 11) is 0. The fourth-order valence-electron chi connectivity index (χ4n) is 1.51.